The van der Waals surface area contributed by atoms with Crippen LogP contribution >= 0.6 is 23.2 Å². The molecule has 0 aliphatic heterocycles. The number of nitrogens with zero attached hydrogens (tertiary/aromatic N) is 2. The van der Waals surface area contributed by atoms with Crippen LogP contribution < -0.4 is 5.32 Å². The zero-order chi connectivity index (χ0) is 15.9. The van der Waals surface area contributed by atoms with Crippen LogP contribution in [-0.4, -0.2) is 29.0 Å². The van der Waals surface area contributed by atoms with Crippen molar-refractivity contribution in [3.8, 4) is 0 Å². The largest absolute Gasteiger partial charge is 0.324 e. The van der Waals surface area contributed by atoms with Crippen LogP contribution in [-0.2, 0) is 6.42 Å². The molecule has 0 radical (unpaired) electrons. The minimum absolute atomic E-state index is 0.157. The molecule has 0 saturated heterocycles. The Morgan fingerprint density at radius 3 is 2.55 bits per heavy atom. The van der Waals surface area contributed by atoms with Gasteiger partial charge < -0.3 is 10.2 Å². The Morgan fingerprint density at radius 1 is 1.18 bits per heavy atom. The molecular formula is C16H17Cl2N3O. The SMILES string of the molecule is CCN(CCc1ccncc1)C(=O)Nc1ccc(Cl)c(Cl)c1. The molecule has 0 bridgehead atoms. The second kappa shape index (κ2) is 8.01. The number of nitrogens with one attached hydrogen (secondary N) is 1. The van der Waals surface area contributed by atoms with E-state index in [4.69, 9.17) is 23.2 Å². The number of amides is 2. The Balaban J connectivity index is 1.95. The lowest BCUT2D eigenvalue weighted by molar-refractivity contribution is 0.215. The molecular weight excluding hydrogens is 321 g/mol. The van der Waals surface area contributed by atoms with Gasteiger partial charge in [-0.05, 0) is 49.2 Å². The molecule has 2 amide bonds. The van der Waals surface area contributed by atoms with Gasteiger partial charge in [0.2, 0.25) is 0 Å². The Kier molecular flexibility index (Phi) is 6.04. The van der Waals surface area contributed by atoms with Crippen LogP contribution in [0, 0.1) is 0 Å². The maximum absolute atomic E-state index is 12.3. The molecule has 1 heterocycles. The van der Waals surface area contributed by atoms with E-state index in [0.29, 0.717) is 28.8 Å². The van der Waals surface area contributed by atoms with E-state index in [0.717, 1.165) is 12.0 Å². The van der Waals surface area contributed by atoms with Crippen molar-refractivity contribution >= 4 is 34.9 Å². The van der Waals surface area contributed by atoms with Crippen molar-refractivity contribution in [2.24, 2.45) is 0 Å². The third-order valence-electron chi connectivity index (χ3n) is 3.26. The van der Waals surface area contributed by atoms with Crippen molar-refractivity contribution in [3.05, 3.63) is 58.3 Å². The van der Waals surface area contributed by atoms with Crippen LogP contribution in [0.25, 0.3) is 0 Å². The lowest BCUT2D eigenvalue weighted by atomic mass is 10.2. The predicted molar refractivity (Wildman–Crippen MR) is 90.7 cm³/mol. The molecule has 6 heteroatoms. The number of rotatable bonds is 5. The van der Waals surface area contributed by atoms with E-state index >= 15 is 0 Å². The zero-order valence-electron chi connectivity index (χ0n) is 12.2. The molecule has 1 aromatic carbocycles. The van der Waals surface area contributed by atoms with Crippen LogP contribution in [0.3, 0.4) is 0 Å². The number of benzene rings is 1. The molecule has 116 valence electrons. The summed E-state index contributed by atoms with van der Waals surface area (Å²) in [6.07, 6.45) is 4.29. The highest BCUT2D eigenvalue weighted by Crippen LogP contribution is 2.25. The summed E-state index contributed by atoms with van der Waals surface area (Å²) < 4.78 is 0. The highest BCUT2D eigenvalue weighted by molar-refractivity contribution is 6.42. The Morgan fingerprint density at radius 2 is 1.91 bits per heavy atom. The Hall–Kier alpha value is -1.78. The van der Waals surface area contributed by atoms with E-state index in [1.54, 1.807) is 35.5 Å². The quantitative estimate of drug-likeness (QED) is 0.873. The lowest BCUT2D eigenvalue weighted by Crippen LogP contribution is -2.36. The van der Waals surface area contributed by atoms with Crippen molar-refractivity contribution in [1.29, 1.82) is 0 Å². The van der Waals surface area contributed by atoms with E-state index in [1.165, 1.54) is 0 Å². The number of halogens is 2. The van der Waals surface area contributed by atoms with Gasteiger partial charge in [-0.15, -0.1) is 0 Å². The average molecular weight is 338 g/mol. The molecule has 0 saturated carbocycles. The molecule has 0 fully saturated rings. The summed E-state index contributed by atoms with van der Waals surface area (Å²) in [6.45, 7) is 3.20. The lowest BCUT2D eigenvalue weighted by Gasteiger charge is -2.21. The third kappa shape index (κ3) is 4.61. The molecule has 2 rings (SSSR count). The molecule has 22 heavy (non-hydrogen) atoms. The van der Waals surface area contributed by atoms with Gasteiger partial charge in [0.25, 0.3) is 0 Å². The first kappa shape index (κ1) is 16.6. The Bertz CT molecular complexity index is 635. The number of hydrogen-bond acceptors (Lipinski definition) is 2. The number of anilines is 1. The van der Waals surface area contributed by atoms with Gasteiger partial charge in [-0.3, -0.25) is 4.98 Å². The summed E-state index contributed by atoms with van der Waals surface area (Å²) >= 11 is 11.8. The topological polar surface area (TPSA) is 45.2 Å². The first-order valence-corrected chi connectivity index (χ1v) is 7.75. The number of urea groups is 1. The van der Waals surface area contributed by atoms with Gasteiger partial charge in [0.05, 0.1) is 10.0 Å². The highest BCUT2D eigenvalue weighted by Gasteiger charge is 2.12. The normalized spacial score (nSPS) is 10.3. The van der Waals surface area contributed by atoms with Gasteiger partial charge in [-0.2, -0.15) is 0 Å². The molecule has 0 aliphatic rings. The fourth-order valence-corrected chi connectivity index (χ4v) is 2.29. The number of likely N-dealkylation sites (N-methyl/N-ethyl adjacent to an activating group) is 1. The van der Waals surface area contributed by atoms with Crippen LogP contribution in [0.5, 0.6) is 0 Å². The summed E-state index contributed by atoms with van der Waals surface area (Å²) in [5.74, 6) is 0. The minimum Gasteiger partial charge on any atom is -0.324 e. The first-order chi connectivity index (χ1) is 10.6. The standard InChI is InChI=1S/C16H17Cl2N3O/c1-2-21(10-7-12-5-8-19-9-6-12)16(22)20-13-3-4-14(17)15(18)11-13/h3-6,8-9,11H,2,7,10H2,1H3,(H,20,22). The molecule has 4 nitrogen and oxygen atoms in total. The van der Waals surface area contributed by atoms with Gasteiger partial charge in [0, 0.05) is 31.2 Å². The van der Waals surface area contributed by atoms with Gasteiger partial charge >= 0.3 is 6.03 Å². The highest BCUT2D eigenvalue weighted by atomic mass is 35.5. The first-order valence-electron chi connectivity index (χ1n) is 7.00. The molecule has 0 aliphatic carbocycles. The van der Waals surface area contributed by atoms with Crippen LogP contribution in [0.1, 0.15) is 12.5 Å². The summed E-state index contributed by atoms with van der Waals surface area (Å²) in [7, 11) is 0. The summed E-state index contributed by atoms with van der Waals surface area (Å²) in [5, 5.41) is 3.71. The second-order valence-corrected chi connectivity index (χ2v) is 5.56. The summed E-state index contributed by atoms with van der Waals surface area (Å²) in [5.41, 5.74) is 1.78. The maximum atomic E-state index is 12.3. The van der Waals surface area contributed by atoms with Gasteiger partial charge in [0.15, 0.2) is 0 Å². The van der Waals surface area contributed by atoms with E-state index < -0.39 is 0 Å². The smallest absolute Gasteiger partial charge is 0.321 e. The van der Waals surface area contributed by atoms with E-state index in [1.807, 2.05) is 19.1 Å². The van der Waals surface area contributed by atoms with Crippen LogP contribution in [0.2, 0.25) is 10.0 Å². The molecule has 0 atom stereocenters. The number of carbonyl (C=O) groups is 1. The van der Waals surface area contributed by atoms with Crippen molar-refractivity contribution in [2.45, 2.75) is 13.3 Å². The second-order valence-electron chi connectivity index (χ2n) is 4.74. The Labute approximate surface area is 140 Å². The van der Waals surface area contributed by atoms with Crippen molar-refractivity contribution in [2.75, 3.05) is 18.4 Å². The monoisotopic (exact) mass is 337 g/mol. The number of carbonyl (C=O) groups excluding carboxylic acids is 1. The van der Waals surface area contributed by atoms with Crippen LogP contribution in [0.4, 0.5) is 10.5 Å². The van der Waals surface area contributed by atoms with Gasteiger partial charge in [-0.25, -0.2) is 4.79 Å². The van der Waals surface area contributed by atoms with Crippen LogP contribution in [0.15, 0.2) is 42.7 Å². The zero-order valence-corrected chi connectivity index (χ0v) is 13.7. The predicted octanol–water partition coefficient (Wildman–Crippen LogP) is 4.48. The van der Waals surface area contributed by atoms with Gasteiger partial charge in [0.1, 0.15) is 0 Å². The van der Waals surface area contributed by atoms with E-state index in [9.17, 15) is 4.79 Å². The fraction of sp³-hybridized carbons (Fsp3) is 0.250. The number of aromatic nitrogens is 1. The fourth-order valence-electron chi connectivity index (χ4n) is 1.99. The molecule has 0 spiro atoms. The summed E-state index contributed by atoms with van der Waals surface area (Å²) in [6, 6.07) is 8.76. The minimum atomic E-state index is -0.157. The van der Waals surface area contributed by atoms with Crippen molar-refractivity contribution in [1.82, 2.24) is 9.88 Å². The van der Waals surface area contributed by atoms with Crippen molar-refractivity contribution < 1.29 is 4.79 Å². The number of pyridine rings is 1. The summed E-state index contributed by atoms with van der Waals surface area (Å²) in [4.78, 5) is 18.0. The van der Waals surface area contributed by atoms with Gasteiger partial charge in [-0.1, -0.05) is 23.2 Å². The van der Waals surface area contributed by atoms with E-state index in [-0.39, 0.29) is 6.03 Å². The molecule has 0 unspecified atom stereocenters. The third-order valence-corrected chi connectivity index (χ3v) is 4.00. The molecule has 2 aromatic rings. The maximum Gasteiger partial charge on any atom is 0.321 e. The molecule has 1 N–H and O–H groups in total. The number of hydrogen-bond donors (Lipinski definition) is 1. The van der Waals surface area contributed by atoms with E-state index in [2.05, 4.69) is 10.3 Å². The average Bonchev–Trinajstić information content (AvgIpc) is 2.52. The van der Waals surface area contributed by atoms with Crippen molar-refractivity contribution in [3.63, 3.8) is 0 Å². The molecule has 1 aromatic heterocycles.